The van der Waals surface area contributed by atoms with Crippen LogP contribution in [-0.4, -0.2) is 36.6 Å². The van der Waals surface area contributed by atoms with Gasteiger partial charge in [-0.05, 0) is 49.2 Å². The van der Waals surface area contributed by atoms with Crippen molar-refractivity contribution in [1.82, 2.24) is 0 Å². The molecule has 8 heteroatoms. The lowest BCUT2D eigenvalue weighted by molar-refractivity contribution is -0.122. The van der Waals surface area contributed by atoms with Gasteiger partial charge in [-0.25, -0.2) is 4.79 Å². The van der Waals surface area contributed by atoms with E-state index in [2.05, 4.69) is 5.32 Å². The molecule has 2 atom stereocenters. The van der Waals surface area contributed by atoms with Gasteiger partial charge < -0.3 is 10.1 Å². The third kappa shape index (κ3) is 4.31. The van der Waals surface area contributed by atoms with Crippen LogP contribution in [0.2, 0.25) is 0 Å². The number of carbonyl (C=O) groups is 4. The number of esters is 1. The molecule has 0 radical (unpaired) electrons. The first-order chi connectivity index (χ1) is 15.5. The van der Waals surface area contributed by atoms with Crippen LogP contribution < -0.4 is 10.2 Å². The van der Waals surface area contributed by atoms with Crippen molar-refractivity contribution in [2.24, 2.45) is 11.8 Å². The van der Waals surface area contributed by atoms with Crippen LogP contribution >= 0.6 is 11.8 Å². The zero-order valence-electron chi connectivity index (χ0n) is 17.4. The van der Waals surface area contributed by atoms with Crippen LogP contribution in [0.4, 0.5) is 11.4 Å². The molecule has 164 valence electrons. The number of para-hydroxylation sites is 1. The topological polar surface area (TPSA) is 92.8 Å². The average Bonchev–Trinajstić information content (AvgIpc) is 3.08. The van der Waals surface area contributed by atoms with Crippen LogP contribution in [0.3, 0.4) is 0 Å². The van der Waals surface area contributed by atoms with Gasteiger partial charge in [0.15, 0.2) is 0 Å². The fraction of sp³-hybridized carbons (Fsp3) is 0.250. The molecule has 2 aromatic carbocycles. The molecular formula is C24H22N2O5S. The van der Waals surface area contributed by atoms with Crippen molar-refractivity contribution in [2.45, 2.75) is 17.7 Å². The summed E-state index contributed by atoms with van der Waals surface area (Å²) in [7, 11) is 1.29. The quantitative estimate of drug-likeness (QED) is 0.313. The maximum absolute atomic E-state index is 12.7. The Morgan fingerprint density at radius 2 is 1.62 bits per heavy atom. The van der Waals surface area contributed by atoms with Gasteiger partial charge in [-0.1, -0.05) is 24.3 Å². The van der Waals surface area contributed by atoms with E-state index in [1.165, 1.54) is 23.8 Å². The van der Waals surface area contributed by atoms with Gasteiger partial charge >= 0.3 is 5.97 Å². The molecule has 32 heavy (non-hydrogen) atoms. The van der Waals surface area contributed by atoms with Crippen LogP contribution in [-0.2, 0) is 19.1 Å². The number of thioether (sulfide) groups is 1. The Morgan fingerprint density at radius 3 is 2.25 bits per heavy atom. The summed E-state index contributed by atoms with van der Waals surface area (Å²) in [6, 6.07) is 13.7. The molecule has 0 bridgehead atoms. The number of allylic oxidation sites excluding steroid dienone is 2. The maximum Gasteiger partial charge on any atom is 0.339 e. The summed E-state index contributed by atoms with van der Waals surface area (Å²) < 4.78 is 4.74. The zero-order valence-corrected chi connectivity index (χ0v) is 18.3. The molecule has 0 saturated carbocycles. The second-order valence-corrected chi connectivity index (χ2v) is 8.58. The molecule has 3 amide bonds. The number of anilines is 2. The number of imide groups is 1. The second kappa shape index (κ2) is 9.40. The summed E-state index contributed by atoms with van der Waals surface area (Å²) in [5.41, 5.74) is 1.23. The molecule has 1 fully saturated rings. The Balaban J connectivity index is 1.37. The van der Waals surface area contributed by atoms with E-state index in [0.717, 1.165) is 4.90 Å². The molecular weight excluding hydrogens is 428 g/mol. The predicted octanol–water partition coefficient (Wildman–Crippen LogP) is 3.66. The van der Waals surface area contributed by atoms with Gasteiger partial charge in [0, 0.05) is 4.90 Å². The largest absolute Gasteiger partial charge is 0.465 e. The Hall–Kier alpha value is -3.39. The van der Waals surface area contributed by atoms with E-state index in [0.29, 0.717) is 24.2 Å². The number of amides is 3. The lowest BCUT2D eigenvalue weighted by atomic mass is 9.85. The number of nitrogens with zero attached hydrogens (tertiary/aromatic N) is 1. The van der Waals surface area contributed by atoms with Crippen molar-refractivity contribution in [3.8, 4) is 0 Å². The van der Waals surface area contributed by atoms with Gasteiger partial charge in [-0.3, -0.25) is 19.3 Å². The molecule has 0 aromatic heterocycles. The molecule has 1 heterocycles. The van der Waals surface area contributed by atoms with Crippen molar-refractivity contribution in [3.63, 3.8) is 0 Å². The molecule has 2 aliphatic rings. The number of hydrogen-bond acceptors (Lipinski definition) is 6. The molecule has 4 rings (SSSR count). The first-order valence-corrected chi connectivity index (χ1v) is 11.2. The monoisotopic (exact) mass is 450 g/mol. The second-order valence-electron chi connectivity index (χ2n) is 7.54. The number of nitrogens with one attached hydrogen (secondary N) is 1. The number of hydrogen-bond donors (Lipinski definition) is 1. The maximum atomic E-state index is 12.7. The van der Waals surface area contributed by atoms with E-state index in [4.69, 9.17) is 4.74 Å². The van der Waals surface area contributed by atoms with Crippen LogP contribution in [0, 0.1) is 11.8 Å². The number of methoxy groups -OCH3 is 1. The van der Waals surface area contributed by atoms with Gasteiger partial charge in [0.25, 0.3) is 0 Å². The minimum atomic E-state index is -0.522. The summed E-state index contributed by atoms with van der Waals surface area (Å²) in [5.74, 6) is -1.48. The van der Waals surface area contributed by atoms with E-state index in [9.17, 15) is 19.2 Å². The Bertz CT molecular complexity index is 1070. The fourth-order valence-corrected chi connectivity index (χ4v) is 4.66. The lowest BCUT2D eigenvalue weighted by Gasteiger charge is -2.15. The van der Waals surface area contributed by atoms with Gasteiger partial charge in [0.1, 0.15) is 0 Å². The number of benzene rings is 2. The van der Waals surface area contributed by atoms with Gasteiger partial charge in [0.05, 0.1) is 41.6 Å². The number of carbonyl (C=O) groups excluding carboxylic acids is 4. The molecule has 1 aliphatic heterocycles. The van der Waals surface area contributed by atoms with Gasteiger partial charge in [0.2, 0.25) is 17.7 Å². The predicted molar refractivity (Wildman–Crippen MR) is 121 cm³/mol. The van der Waals surface area contributed by atoms with Gasteiger partial charge in [-0.2, -0.15) is 0 Å². The number of ether oxygens (including phenoxy) is 1. The van der Waals surface area contributed by atoms with Crippen molar-refractivity contribution in [2.75, 3.05) is 23.1 Å². The molecule has 1 saturated heterocycles. The van der Waals surface area contributed by atoms with Crippen LogP contribution in [0.25, 0.3) is 0 Å². The summed E-state index contributed by atoms with van der Waals surface area (Å²) in [6.45, 7) is 0. The van der Waals surface area contributed by atoms with Crippen molar-refractivity contribution < 1.29 is 23.9 Å². The standard InChI is InChI=1S/C24H22N2O5S/c1-31-24(30)19-8-4-5-9-20(19)25-21(27)14-32-16-12-10-15(11-13-16)26-22(28)17-6-2-3-7-18(17)23(26)29/h2-5,8-13,17-18H,6-7,14H2,1H3,(H,25,27)/t17-,18+. The highest BCUT2D eigenvalue weighted by Crippen LogP contribution is 2.38. The van der Waals surface area contributed by atoms with E-state index in [1.807, 2.05) is 12.2 Å². The van der Waals surface area contributed by atoms with Crippen LogP contribution in [0.1, 0.15) is 23.2 Å². The zero-order chi connectivity index (χ0) is 22.7. The molecule has 1 aliphatic carbocycles. The Morgan fingerprint density at radius 1 is 1.00 bits per heavy atom. The van der Waals surface area contributed by atoms with E-state index < -0.39 is 5.97 Å². The van der Waals surface area contributed by atoms with Crippen LogP contribution in [0.15, 0.2) is 65.6 Å². The average molecular weight is 451 g/mol. The first-order valence-electron chi connectivity index (χ1n) is 10.2. The third-order valence-corrected chi connectivity index (χ3v) is 6.59. The summed E-state index contributed by atoms with van der Waals surface area (Å²) in [6.07, 6.45) is 5.14. The van der Waals surface area contributed by atoms with E-state index in [-0.39, 0.29) is 40.9 Å². The molecule has 2 aromatic rings. The minimum absolute atomic E-state index is 0.131. The number of rotatable bonds is 6. The highest BCUT2D eigenvalue weighted by atomic mass is 32.2. The molecule has 0 unspecified atom stereocenters. The van der Waals surface area contributed by atoms with E-state index >= 15 is 0 Å². The smallest absolute Gasteiger partial charge is 0.339 e. The van der Waals surface area contributed by atoms with Crippen molar-refractivity contribution in [1.29, 1.82) is 0 Å². The van der Waals surface area contributed by atoms with Crippen molar-refractivity contribution >= 4 is 46.8 Å². The van der Waals surface area contributed by atoms with Crippen LogP contribution in [0.5, 0.6) is 0 Å². The normalized spacial score (nSPS) is 19.6. The SMILES string of the molecule is COC(=O)c1ccccc1NC(=O)CSc1ccc(N2C(=O)[C@H]3CC=CC[C@H]3C2=O)cc1. The highest BCUT2D eigenvalue weighted by molar-refractivity contribution is 8.00. The van der Waals surface area contributed by atoms with E-state index in [1.54, 1.807) is 48.5 Å². The number of fused-ring (bicyclic) bond motifs is 1. The summed E-state index contributed by atoms with van der Waals surface area (Å²) in [4.78, 5) is 51.7. The lowest BCUT2D eigenvalue weighted by Crippen LogP contribution is -2.30. The minimum Gasteiger partial charge on any atom is -0.465 e. The van der Waals surface area contributed by atoms with Crippen molar-refractivity contribution in [3.05, 3.63) is 66.2 Å². The first kappa shape index (κ1) is 21.8. The fourth-order valence-electron chi connectivity index (χ4n) is 3.96. The Labute approximate surface area is 189 Å². The Kier molecular flexibility index (Phi) is 6.41. The molecule has 1 N–H and O–H groups in total. The van der Waals surface area contributed by atoms with Gasteiger partial charge in [-0.15, -0.1) is 11.8 Å². The summed E-state index contributed by atoms with van der Waals surface area (Å²) >= 11 is 1.31. The molecule has 7 nitrogen and oxygen atoms in total. The third-order valence-electron chi connectivity index (χ3n) is 5.58. The summed E-state index contributed by atoms with van der Waals surface area (Å²) in [5, 5.41) is 2.73. The molecule has 0 spiro atoms. The highest BCUT2D eigenvalue weighted by Gasteiger charge is 2.47.